The summed E-state index contributed by atoms with van der Waals surface area (Å²) in [5.74, 6) is -1.48. The fourth-order valence-corrected chi connectivity index (χ4v) is 3.80. The minimum Gasteiger partial charge on any atom is -0.456 e. The van der Waals surface area contributed by atoms with Gasteiger partial charge in [0.05, 0.1) is 17.3 Å². The van der Waals surface area contributed by atoms with E-state index in [4.69, 9.17) is 4.74 Å². The van der Waals surface area contributed by atoms with Gasteiger partial charge in [-0.1, -0.05) is 29.8 Å². The van der Waals surface area contributed by atoms with E-state index in [9.17, 15) is 18.8 Å². The Morgan fingerprint density at radius 2 is 1.90 bits per heavy atom. The Bertz CT molecular complexity index is 1140. The molecule has 2 aromatic rings. The summed E-state index contributed by atoms with van der Waals surface area (Å²) in [7, 11) is 0. The topological polar surface area (TPSA) is 87.7 Å². The van der Waals surface area contributed by atoms with Gasteiger partial charge in [-0.2, -0.15) is 0 Å². The van der Waals surface area contributed by atoms with Gasteiger partial charge < -0.3 is 15.4 Å². The summed E-state index contributed by atoms with van der Waals surface area (Å²) < 4.78 is 18.9. The fourth-order valence-electron chi connectivity index (χ4n) is 3.80. The SMILES string of the molecule is Cc1ccc(C)c([C@@H]2NC(=O)N(CC(=O)Nc3ccc(C)c(F)c3)C3=C2C(=O)OC3)c1. The van der Waals surface area contributed by atoms with E-state index in [1.807, 2.05) is 32.0 Å². The summed E-state index contributed by atoms with van der Waals surface area (Å²) in [6, 6.07) is 9.00. The first kappa shape index (κ1) is 20.6. The molecule has 0 spiro atoms. The Balaban J connectivity index is 1.61. The number of amides is 3. The Hall–Kier alpha value is -3.68. The van der Waals surface area contributed by atoms with Crippen molar-refractivity contribution in [1.29, 1.82) is 0 Å². The van der Waals surface area contributed by atoms with Crippen LogP contribution in [0.2, 0.25) is 0 Å². The van der Waals surface area contributed by atoms with Crippen LogP contribution in [0.15, 0.2) is 47.7 Å². The number of benzene rings is 2. The van der Waals surface area contributed by atoms with Crippen LogP contribution in [0.25, 0.3) is 0 Å². The van der Waals surface area contributed by atoms with Gasteiger partial charge in [-0.15, -0.1) is 0 Å². The highest BCUT2D eigenvalue weighted by atomic mass is 19.1. The van der Waals surface area contributed by atoms with Crippen molar-refractivity contribution in [3.63, 3.8) is 0 Å². The van der Waals surface area contributed by atoms with Crippen LogP contribution < -0.4 is 10.6 Å². The van der Waals surface area contributed by atoms with Gasteiger partial charge in [0.2, 0.25) is 5.91 Å². The molecule has 3 amide bonds. The highest BCUT2D eigenvalue weighted by Crippen LogP contribution is 2.36. The van der Waals surface area contributed by atoms with E-state index in [-0.39, 0.29) is 18.8 Å². The first-order chi connectivity index (χ1) is 14.7. The molecule has 2 aromatic carbocycles. The monoisotopic (exact) mass is 423 g/mol. The van der Waals surface area contributed by atoms with Gasteiger partial charge in [-0.05, 0) is 49.6 Å². The third kappa shape index (κ3) is 3.88. The summed E-state index contributed by atoms with van der Waals surface area (Å²) in [6.07, 6.45) is 0. The number of hydrogen-bond donors (Lipinski definition) is 2. The van der Waals surface area contributed by atoms with E-state index in [0.717, 1.165) is 16.7 Å². The summed E-state index contributed by atoms with van der Waals surface area (Å²) >= 11 is 0. The number of carbonyl (C=O) groups excluding carboxylic acids is 3. The number of rotatable bonds is 4. The maximum atomic E-state index is 13.7. The molecule has 0 saturated carbocycles. The average molecular weight is 423 g/mol. The third-order valence-electron chi connectivity index (χ3n) is 5.50. The first-order valence-corrected chi connectivity index (χ1v) is 9.86. The molecule has 7 nitrogen and oxygen atoms in total. The number of ether oxygens (including phenoxy) is 1. The van der Waals surface area contributed by atoms with Crippen LogP contribution in [0.4, 0.5) is 14.9 Å². The van der Waals surface area contributed by atoms with Crippen LogP contribution in [0.5, 0.6) is 0 Å². The predicted molar refractivity (Wildman–Crippen MR) is 112 cm³/mol. The molecule has 2 N–H and O–H groups in total. The highest BCUT2D eigenvalue weighted by molar-refractivity contribution is 6.00. The summed E-state index contributed by atoms with van der Waals surface area (Å²) in [6.45, 7) is 5.03. The Morgan fingerprint density at radius 3 is 2.65 bits per heavy atom. The second-order valence-corrected chi connectivity index (χ2v) is 7.78. The number of halogens is 1. The lowest BCUT2D eigenvalue weighted by Gasteiger charge is -2.33. The van der Waals surface area contributed by atoms with E-state index >= 15 is 0 Å². The van der Waals surface area contributed by atoms with Gasteiger partial charge in [0, 0.05) is 5.69 Å². The molecule has 1 atom stereocenters. The molecule has 2 aliphatic heterocycles. The molecule has 31 heavy (non-hydrogen) atoms. The third-order valence-corrected chi connectivity index (χ3v) is 5.50. The number of esters is 1. The zero-order valence-electron chi connectivity index (χ0n) is 17.4. The Morgan fingerprint density at radius 1 is 1.16 bits per heavy atom. The summed E-state index contributed by atoms with van der Waals surface area (Å²) in [5, 5.41) is 5.41. The van der Waals surface area contributed by atoms with Gasteiger partial charge in [0.1, 0.15) is 19.0 Å². The largest absolute Gasteiger partial charge is 0.456 e. The van der Waals surface area contributed by atoms with E-state index < -0.39 is 29.8 Å². The maximum Gasteiger partial charge on any atom is 0.338 e. The number of urea groups is 1. The van der Waals surface area contributed by atoms with Crippen molar-refractivity contribution in [3.8, 4) is 0 Å². The standard InChI is InChI=1S/C23H22FN3O4/c1-12-4-5-13(2)16(8-12)21-20-18(11-31-22(20)29)27(23(30)26-21)10-19(28)25-15-7-6-14(3)17(24)9-15/h4-9,21H,10-11H2,1-3H3,(H,25,28)(H,26,30)/t21-/m0/s1. The lowest BCUT2D eigenvalue weighted by molar-refractivity contribution is -0.136. The molecule has 2 heterocycles. The number of anilines is 1. The van der Waals surface area contributed by atoms with Gasteiger partial charge in [-0.25, -0.2) is 14.0 Å². The number of nitrogens with zero attached hydrogens (tertiary/aromatic N) is 1. The molecule has 0 radical (unpaired) electrons. The molecule has 0 fully saturated rings. The van der Waals surface area contributed by atoms with Crippen LogP contribution in [0.1, 0.15) is 28.3 Å². The molecule has 0 saturated heterocycles. The predicted octanol–water partition coefficient (Wildman–Crippen LogP) is 3.27. The van der Waals surface area contributed by atoms with E-state index in [1.54, 1.807) is 19.1 Å². The fraction of sp³-hybridized carbons (Fsp3) is 0.261. The lowest BCUT2D eigenvalue weighted by Crippen LogP contribution is -2.49. The van der Waals surface area contributed by atoms with Gasteiger partial charge in [0.25, 0.3) is 0 Å². The molecule has 8 heteroatoms. The number of cyclic esters (lactones) is 1. The Kier molecular flexibility index (Phi) is 5.22. The lowest BCUT2D eigenvalue weighted by atomic mass is 9.91. The molecule has 0 bridgehead atoms. The number of hydrogen-bond acceptors (Lipinski definition) is 4. The van der Waals surface area contributed by atoms with E-state index in [0.29, 0.717) is 16.8 Å². The summed E-state index contributed by atoms with van der Waals surface area (Å²) in [4.78, 5) is 39.1. The number of nitrogens with one attached hydrogen (secondary N) is 2. The van der Waals surface area contributed by atoms with Crippen LogP contribution in [0, 0.1) is 26.6 Å². The van der Waals surface area contributed by atoms with Crippen molar-refractivity contribution in [3.05, 3.63) is 75.7 Å². The molecular formula is C23H22FN3O4. The minimum absolute atomic E-state index is 0.0879. The normalized spacial score (nSPS) is 17.9. The van der Waals surface area contributed by atoms with Gasteiger partial charge in [0.15, 0.2) is 0 Å². The quantitative estimate of drug-likeness (QED) is 0.739. The molecule has 160 valence electrons. The van der Waals surface area contributed by atoms with Crippen molar-refractivity contribution >= 4 is 23.6 Å². The van der Waals surface area contributed by atoms with Crippen LogP contribution >= 0.6 is 0 Å². The van der Waals surface area contributed by atoms with Crippen molar-refractivity contribution in [1.82, 2.24) is 10.2 Å². The van der Waals surface area contributed by atoms with Crippen molar-refractivity contribution in [2.45, 2.75) is 26.8 Å². The van der Waals surface area contributed by atoms with E-state index in [2.05, 4.69) is 10.6 Å². The van der Waals surface area contributed by atoms with Gasteiger partial charge in [-0.3, -0.25) is 9.69 Å². The van der Waals surface area contributed by atoms with Crippen LogP contribution in [-0.4, -0.2) is 36.0 Å². The zero-order valence-corrected chi connectivity index (χ0v) is 17.4. The van der Waals surface area contributed by atoms with Crippen molar-refractivity contribution < 1.29 is 23.5 Å². The molecule has 4 rings (SSSR count). The molecule has 0 aromatic heterocycles. The summed E-state index contributed by atoms with van der Waals surface area (Å²) in [5.41, 5.74) is 4.16. The van der Waals surface area contributed by atoms with Crippen molar-refractivity contribution in [2.75, 3.05) is 18.5 Å². The Labute approximate surface area is 178 Å². The van der Waals surface area contributed by atoms with E-state index in [1.165, 1.54) is 11.0 Å². The van der Waals surface area contributed by atoms with Crippen LogP contribution in [0.3, 0.4) is 0 Å². The minimum atomic E-state index is -0.650. The van der Waals surface area contributed by atoms with Crippen molar-refractivity contribution in [2.24, 2.45) is 0 Å². The molecule has 0 unspecified atom stereocenters. The van der Waals surface area contributed by atoms with Crippen LogP contribution in [-0.2, 0) is 14.3 Å². The zero-order chi connectivity index (χ0) is 22.3. The molecular weight excluding hydrogens is 401 g/mol. The molecule has 2 aliphatic rings. The number of carbonyl (C=O) groups is 3. The average Bonchev–Trinajstić information content (AvgIpc) is 3.10. The molecule has 0 aliphatic carbocycles. The second-order valence-electron chi connectivity index (χ2n) is 7.78. The maximum absolute atomic E-state index is 13.7. The first-order valence-electron chi connectivity index (χ1n) is 9.86. The highest BCUT2D eigenvalue weighted by Gasteiger charge is 2.43. The smallest absolute Gasteiger partial charge is 0.338 e. The number of aryl methyl sites for hydroxylation is 3. The van der Waals surface area contributed by atoms with Gasteiger partial charge >= 0.3 is 12.0 Å². The second kappa shape index (κ2) is 7.86.